The van der Waals surface area contributed by atoms with E-state index in [-0.39, 0.29) is 0 Å². The maximum Gasteiger partial charge on any atom is 0.0742 e. The molecule has 2 N–H and O–H groups in total. The van der Waals surface area contributed by atoms with Crippen LogP contribution in [0.2, 0.25) is 0 Å². The fourth-order valence-electron chi connectivity index (χ4n) is 2.52. The van der Waals surface area contributed by atoms with E-state index >= 15 is 0 Å². The molecule has 0 spiro atoms. The molecule has 0 amide bonds. The summed E-state index contributed by atoms with van der Waals surface area (Å²) >= 11 is 0. The topological polar surface area (TPSA) is 33.3 Å². The summed E-state index contributed by atoms with van der Waals surface area (Å²) in [6, 6.07) is 1.16. The van der Waals surface area contributed by atoms with Crippen molar-refractivity contribution >= 4 is 0 Å². The van der Waals surface area contributed by atoms with Crippen LogP contribution in [0, 0.1) is 5.92 Å². The summed E-state index contributed by atoms with van der Waals surface area (Å²) < 4.78 is 5.92. The van der Waals surface area contributed by atoms with E-state index in [1.807, 2.05) is 0 Å². The molecule has 3 nitrogen and oxygen atoms in total. The van der Waals surface area contributed by atoms with Crippen LogP contribution in [0.15, 0.2) is 0 Å². The van der Waals surface area contributed by atoms with E-state index in [0.717, 1.165) is 31.9 Å². The molecule has 0 aromatic heterocycles. The van der Waals surface area contributed by atoms with Gasteiger partial charge in [0.2, 0.25) is 0 Å². The Balaban J connectivity index is 2.36. The van der Waals surface area contributed by atoms with Gasteiger partial charge in [-0.05, 0) is 38.8 Å². The summed E-state index contributed by atoms with van der Waals surface area (Å²) in [6.07, 6.45) is 5.12. The number of nitrogens with one attached hydrogen (secondary N) is 2. The van der Waals surface area contributed by atoms with Crippen molar-refractivity contribution in [2.45, 2.75) is 64.6 Å². The summed E-state index contributed by atoms with van der Waals surface area (Å²) in [4.78, 5) is 0. The van der Waals surface area contributed by atoms with Crippen LogP contribution in [0.3, 0.4) is 0 Å². The minimum Gasteiger partial charge on any atom is -0.376 e. The van der Waals surface area contributed by atoms with Crippen LogP contribution in [-0.4, -0.2) is 38.4 Å². The molecule has 0 radical (unpaired) electrons. The molecule has 1 heterocycles. The molecule has 17 heavy (non-hydrogen) atoms. The maximum atomic E-state index is 5.92. The van der Waals surface area contributed by atoms with E-state index in [1.165, 1.54) is 12.8 Å². The van der Waals surface area contributed by atoms with Crippen LogP contribution in [0.4, 0.5) is 0 Å². The summed E-state index contributed by atoms with van der Waals surface area (Å²) in [5.41, 5.74) is 0. The van der Waals surface area contributed by atoms with Crippen molar-refractivity contribution in [3.05, 3.63) is 0 Å². The Morgan fingerprint density at radius 3 is 2.71 bits per heavy atom. The van der Waals surface area contributed by atoms with Gasteiger partial charge in [-0.1, -0.05) is 27.2 Å². The van der Waals surface area contributed by atoms with Crippen molar-refractivity contribution in [3.63, 3.8) is 0 Å². The van der Waals surface area contributed by atoms with Gasteiger partial charge < -0.3 is 15.4 Å². The normalized spacial score (nSPS) is 27.4. The molecule has 3 heteroatoms. The van der Waals surface area contributed by atoms with Crippen molar-refractivity contribution < 1.29 is 4.74 Å². The summed E-state index contributed by atoms with van der Waals surface area (Å²) in [5, 5.41) is 7.07. The summed E-state index contributed by atoms with van der Waals surface area (Å²) in [5.74, 6) is 0.729. The van der Waals surface area contributed by atoms with Gasteiger partial charge in [0.25, 0.3) is 0 Å². The van der Waals surface area contributed by atoms with E-state index in [0.29, 0.717) is 18.2 Å². The minimum absolute atomic E-state index is 0.387. The lowest BCUT2D eigenvalue weighted by Crippen LogP contribution is -2.48. The zero-order valence-corrected chi connectivity index (χ0v) is 12.0. The van der Waals surface area contributed by atoms with Gasteiger partial charge >= 0.3 is 0 Å². The Kier molecular flexibility index (Phi) is 7.09. The molecule has 0 bridgehead atoms. The Morgan fingerprint density at radius 1 is 1.35 bits per heavy atom. The summed E-state index contributed by atoms with van der Waals surface area (Å²) in [7, 11) is 2.05. The van der Waals surface area contributed by atoms with Gasteiger partial charge in [0.15, 0.2) is 0 Å². The van der Waals surface area contributed by atoms with Crippen LogP contribution in [0.5, 0.6) is 0 Å². The van der Waals surface area contributed by atoms with Gasteiger partial charge in [0.05, 0.1) is 6.10 Å². The molecule has 0 aromatic carbocycles. The van der Waals surface area contributed by atoms with E-state index in [4.69, 9.17) is 4.74 Å². The maximum absolute atomic E-state index is 5.92. The molecule has 0 aliphatic carbocycles. The fourth-order valence-corrected chi connectivity index (χ4v) is 2.52. The third-order valence-electron chi connectivity index (χ3n) is 3.55. The third-order valence-corrected chi connectivity index (χ3v) is 3.55. The Labute approximate surface area is 107 Å². The van der Waals surface area contributed by atoms with Crippen molar-refractivity contribution in [1.82, 2.24) is 10.6 Å². The molecule has 3 unspecified atom stereocenters. The number of hydrogen-bond donors (Lipinski definition) is 2. The monoisotopic (exact) mass is 242 g/mol. The van der Waals surface area contributed by atoms with Crippen LogP contribution in [0.1, 0.15) is 46.5 Å². The highest BCUT2D eigenvalue weighted by Crippen LogP contribution is 2.19. The second-order valence-corrected chi connectivity index (χ2v) is 5.62. The lowest BCUT2D eigenvalue weighted by Gasteiger charge is -2.35. The predicted molar refractivity (Wildman–Crippen MR) is 73.4 cm³/mol. The second-order valence-electron chi connectivity index (χ2n) is 5.62. The fraction of sp³-hybridized carbons (Fsp3) is 1.00. The van der Waals surface area contributed by atoms with Gasteiger partial charge in [0.1, 0.15) is 0 Å². The van der Waals surface area contributed by atoms with Crippen molar-refractivity contribution in [3.8, 4) is 0 Å². The quantitative estimate of drug-likeness (QED) is 0.718. The highest BCUT2D eigenvalue weighted by atomic mass is 16.5. The molecule has 1 fully saturated rings. The first kappa shape index (κ1) is 14.9. The molecule has 1 saturated heterocycles. The van der Waals surface area contributed by atoms with Crippen molar-refractivity contribution in [2.75, 3.05) is 20.2 Å². The molecule has 102 valence electrons. The van der Waals surface area contributed by atoms with Crippen LogP contribution in [-0.2, 0) is 4.74 Å². The molecule has 1 aliphatic rings. The number of hydrogen-bond acceptors (Lipinski definition) is 3. The average molecular weight is 242 g/mol. The highest BCUT2D eigenvalue weighted by molar-refractivity contribution is 4.84. The molecule has 3 atom stereocenters. The Bertz CT molecular complexity index is 197. The number of ether oxygens (including phenoxy) is 1. The zero-order chi connectivity index (χ0) is 12.7. The lowest BCUT2D eigenvalue weighted by atomic mass is 9.95. The van der Waals surface area contributed by atoms with Gasteiger partial charge in [-0.2, -0.15) is 0 Å². The first-order valence-corrected chi connectivity index (χ1v) is 7.19. The highest BCUT2D eigenvalue weighted by Gasteiger charge is 2.27. The van der Waals surface area contributed by atoms with E-state index in [1.54, 1.807) is 0 Å². The largest absolute Gasteiger partial charge is 0.376 e. The molecule has 0 aromatic rings. The summed E-state index contributed by atoms with van der Waals surface area (Å²) in [6.45, 7) is 8.79. The Morgan fingerprint density at radius 2 is 2.12 bits per heavy atom. The average Bonchev–Trinajstić information content (AvgIpc) is 2.34. The van der Waals surface area contributed by atoms with Crippen LogP contribution < -0.4 is 10.6 Å². The van der Waals surface area contributed by atoms with E-state index < -0.39 is 0 Å². The molecule has 1 aliphatic heterocycles. The van der Waals surface area contributed by atoms with Gasteiger partial charge in [-0.15, -0.1) is 0 Å². The molecular formula is C14H30N2O. The molecule has 0 saturated carbocycles. The SMILES string of the molecule is CCCC(NC)C1CC(NCC(C)C)CCO1. The van der Waals surface area contributed by atoms with Gasteiger partial charge in [0, 0.05) is 18.7 Å². The zero-order valence-electron chi connectivity index (χ0n) is 12.0. The minimum atomic E-state index is 0.387. The van der Waals surface area contributed by atoms with Crippen molar-refractivity contribution in [1.29, 1.82) is 0 Å². The van der Waals surface area contributed by atoms with Gasteiger partial charge in [-0.25, -0.2) is 0 Å². The third kappa shape index (κ3) is 5.36. The van der Waals surface area contributed by atoms with Gasteiger partial charge in [-0.3, -0.25) is 0 Å². The second kappa shape index (κ2) is 8.06. The standard InChI is InChI=1S/C14H30N2O/c1-5-6-13(15-4)14-9-12(7-8-17-14)16-10-11(2)3/h11-16H,5-10H2,1-4H3. The predicted octanol–water partition coefficient (Wildman–Crippen LogP) is 2.17. The first-order valence-electron chi connectivity index (χ1n) is 7.19. The smallest absolute Gasteiger partial charge is 0.0742 e. The Hall–Kier alpha value is -0.120. The van der Waals surface area contributed by atoms with E-state index in [9.17, 15) is 0 Å². The van der Waals surface area contributed by atoms with Crippen molar-refractivity contribution in [2.24, 2.45) is 5.92 Å². The van der Waals surface area contributed by atoms with Crippen LogP contribution in [0.25, 0.3) is 0 Å². The molecular weight excluding hydrogens is 212 g/mol. The first-order chi connectivity index (χ1) is 8.17. The lowest BCUT2D eigenvalue weighted by molar-refractivity contribution is -0.0208. The number of likely N-dealkylation sites (N-methyl/N-ethyl adjacent to an activating group) is 1. The number of rotatable bonds is 7. The molecule has 1 rings (SSSR count). The van der Waals surface area contributed by atoms with Crippen LogP contribution >= 0.6 is 0 Å². The van der Waals surface area contributed by atoms with E-state index in [2.05, 4.69) is 38.5 Å².